The Bertz CT molecular complexity index is 735. The summed E-state index contributed by atoms with van der Waals surface area (Å²) in [6, 6.07) is 29.1. The Morgan fingerprint density at radius 1 is 0.720 bits per heavy atom. The lowest BCUT2D eigenvalue weighted by Crippen LogP contribution is -2.29. The zero-order chi connectivity index (χ0) is 17.3. The zero-order valence-electron chi connectivity index (χ0n) is 13.8. The van der Waals surface area contributed by atoms with Gasteiger partial charge in [-0.1, -0.05) is 78.9 Å². The summed E-state index contributed by atoms with van der Waals surface area (Å²) in [4.78, 5) is 17.8. The summed E-state index contributed by atoms with van der Waals surface area (Å²) in [5.74, 6) is 0. The molecule has 1 amide bonds. The van der Waals surface area contributed by atoms with Crippen LogP contribution in [0.25, 0.3) is 0 Å². The van der Waals surface area contributed by atoms with Gasteiger partial charge in [-0.25, -0.2) is 4.79 Å². The standard InChI is InChI=1S/C21H20N2O2/c24-21(22-20-14-8-3-9-15-20)25-23(16-18-10-4-1-5-11-18)17-19-12-6-2-7-13-19/h1-15H,16-17H2,(H,22,24). The van der Waals surface area contributed by atoms with Crippen LogP contribution < -0.4 is 5.32 Å². The van der Waals surface area contributed by atoms with Gasteiger partial charge in [-0.2, -0.15) is 0 Å². The lowest BCUT2D eigenvalue weighted by molar-refractivity contribution is -0.110. The minimum absolute atomic E-state index is 0.502. The summed E-state index contributed by atoms with van der Waals surface area (Å²) in [7, 11) is 0. The van der Waals surface area contributed by atoms with E-state index in [9.17, 15) is 4.79 Å². The van der Waals surface area contributed by atoms with Crippen LogP contribution >= 0.6 is 0 Å². The molecule has 3 aromatic rings. The van der Waals surface area contributed by atoms with Crippen molar-refractivity contribution in [2.75, 3.05) is 5.32 Å². The summed E-state index contributed by atoms with van der Waals surface area (Å²) in [5.41, 5.74) is 2.85. The van der Waals surface area contributed by atoms with Gasteiger partial charge in [0.1, 0.15) is 0 Å². The van der Waals surface area contributed by atoms with E-state index in [2.05, 4.69) is 5.32 Å². The number of carbonyl (C=O) groups excluding carboxylic acids is 1. The maximum absolute atomic E-state index is 12.2. The highest BCUT2D eigenvalue weighted by molar-refractivity contribution is 5.84. The van der Waals surface area contributed by atoms with Crippen LogP contribution in [0.1, 0.15) is 11.1 Å². The average molecular weight is 332 g/mol. The number of hydrogen-bond donors (Lipinski definition) is 1. The van der Waals surface area contributed by atoms with Gasteiger partial charge >= 0.3 is 6.09 Å². The average Bonchev–Trinajstić information content (AvgIpc) is 2.64. The predicted molar refractivity (Wildman–Crippen MR) is 98.7 cm³/mol. The number of nitrogens with one attached hydrogen (secondary N) is 1. The second-order valence-electron chi connectivity index (χ2n) is 5.64. The molecule has 1 N–H and O–H groups in total. The molecule has 0 aromatic heterocycles. The van der Waals surface area contributed by atoms with Crippen LogP contribution in [0.4, 0.5) is 10.5 Å². The summed E-state index contributed by atoms with van der Waals surface area (Å²) < 4.78 is 0. The van der Waals surface area contributed by atoms with Gasteiger partial charge in [0, 0.05) is 5.69 Å². The molecular formula is C21H20N2O2. The van der Waals surface area contributed by atoms with Crippen molar-refractivity contribution in [3.05, 3.63) is 102 Å². The predicted octanol–water partition coefficient (Wildman–Crippen LogP) is 4.85. The zero-order valence-corrected chi connectivity index (χ0v) is 13.8. The quantitative estimate of drug-likeness (QED) is 0.656. The van der Waals surface area contributed by atoms with Crippen LogP contribution in [0.3, 0.4) is 0 Å². The van der Waals surface area contributed by atoms with Crippen LogP contribution in [-0.4, -0.2) is 11.2 Å². The first-order chi connectivity index (χ1) is 12.3. The number of hydroxylamine groups is 2. The first kappa shape index (κ1) is 16.7. The molecule has 0 saturated carbocycles. The van der Waals surface area contributed by atoms with Crippen LogP contribution in [0, 0.1) is 0 Å². The third-order valence-electron chi connectivity index (χ3n) is 3.64. The molecular weight excluding hydrogens is 312 g/mol. The molecule has 0 bridgehead atoms. The number of hydrogen-bond acceptors (Lipinski definition) is 3. The summed E-state index contributed by atoms with van der Waals surface area (Å²) in [6.45, 7) is 1.02. The first-order valence-corrected chi connectivity index (χ1v) is 8.16. The lowest BCUT2D eigenvalue weighted by atomic mass is 10.2. The number of benzene rings is 3. The van der Waals surface area contributed by atoms with Crippen molar-refractivity contribution in [3.8, 4) is 0 Å². The molecule has 3 rings (SSSR count). The number of rotatable bonds is 6. The topological polar surface area (TPSA) is 41.6 Å². The molecule has 0 saturated heterocycles. The fourth-order valence-corrected chi connectivity index (χ4v) is 2.47. The van der Waals surface area contributed by atoms with Gasteiger partial charge < -0.3 is 4.84 Å². The van der Waals surface area contributed by atoms with E-state index in [0.29, 0.717) is 18.8 Å². The summed E-state index contributed by atoms with van der Waals surface area (Å²) in [5, 5.41) is 4.40. The third-order valence-corrected chi connectivity index (χ3v) is 3.64. The Labute approximate surface area is 147 Å². The molecule has 0 aliphatic rings. The van der Waals surface area contributed by atoms with Gasteiger partial charge in [-0.05, 0) is 23.3 Å². The highest BCUT2D eigenvalue weighted by atomic mass is 16.7. The number of para-hydroxylation sites is 1. The van der Waals surface area contributed by atoms with E-state index in [1.54, 1.807) is 5.06 Å². The molecule has 0 heterocycles. The molecule has 126 valence electrons. The van der Waals surface area contributed by atoms with Crippen molar-refractivity contribution in [2.24, 2.45) is 0 Å². The van der Waals surface area contributed by atoms with Gasteiger partial charge in [0.2, 0.25) is 0 Å². The lowest BCUT2D eigenvalue weighted by Gasteiger charge is -2.21. The van der Waals surface area contributed by atoms with Gasteiger partial charge in [-0.3, -0.25) is 5.32 Å². The van der Waals surface area contributed by atoms with E-state index in [1.165, 1.54) is 0 Å². The van der Waals surface area contributed by atoms with Crippen molar-refractivity contribution in [2.45, 2.75) is 13.1 Å². The second-order valence-corrected chi connectivity index (χ2v) is 5.64. The highest BCUT2D eigenvalue weighted by Crippen LogP contribution is 2.12. The van der Waals surface area contributed by atoms with Crippen LogP contribution in [0.2, 0.25) is 0 Å². The van der Waals surface area contributed by atoms with E-state index in [4.69, 9.17) is 4.84 Å². The second kappa shape index (κ2) is 8.66. The van der Waals surface area contributed by atoms with Crippen molar-refractivity contribution in [1.29, 1.82) is 0 Å². The van der Waals surface area contributed by atoms with Gasteiger partial charge in [0.15, 0.2) is 0 Å². The van der Waals surface area contributed by atoms with E-state index >= 15 is 0 Å². The molecule has 0 atom stereocenters. The Morgan fingerprint density at radius 3 is 1.64 bits per heavy atom. The molecule has 0 aliphatic heterocycles. The van der Waals surface area contributed by atoms with E-state index < -0.39 is 6.09 Å². The molecule has 0 aliphatic carbocycles. The summed E-state index contributed by atoms with van der Waals surface area (Å²) in [6.07, 6.45) is -0.502. The van der Waals surface area contributed by atoms with Crippen molar-refractivity contribution < 1.29 is 9.63 Å². The maximum atomic E-state index is 12.2. The van der Waals surface area contributed by atoms with Crippen LogP contribution in [-0.2, 0) is 17.9 Å². The van der Waals surface area contributed by atoms with Gasteiger partial charge in [0.05, 0.1) is 13.1 Å². The molecule has 0 spiro atoms. The normalized spacial score (nSPS) is 10.4. The molecule has 4 nitrogen and oxygen atoms in total. The van der Waals surface area contributed by atoms with Crippen molar-refractivity contribution >= 4 is 11.8 Å². The molecule has 0 unspecified atom stereocenters. The number of nitrogens with zero attached hydrogens (tertiary/aromatic N) is 1. The van der Waals surface area contributed by atoms with E-state index in [-0.39, 0.29) is 0 Å². The van der Waals surface area contributed by atoms with Crippen molar-refractivity contribution in [1.82, 2.24) is 5.06 Å². The maximum Gasteiger partial charge on any atom is 0.430 e. The van der Waals surface area contributed by atoms with Crippen molar-refractivity contribution in [3.63, 3.8) is 0 Å². The molecule has 0 fully saturated rings. The minimum atomic E-state index is -0.502. The Hall–Kier alpha value is -3.11. The Balaban J connectivity index is 1.68. The summed E-state index contributed by atoms with van der Waals surface area (Å²) >= 11 is 0. The molecule has 3 aromatic carbocycles. The minimum Gasteiger partial charge on any atom is -0.350 e. The highest BCUT2D eigenvalue weighted by Gasteiger charge is 2.13. The Kier molecular flexibility index (Phi) is 5.80. The van der Waals surface area contributed by atoms with E-state index in [0.717, 1.165) is 11.1 Å². The number of amides is 1. The first-order valence-electron chi connectivity index (χ1n) is 8.16. The van der Waals surface area contributed by atoms with E-state index in [1.807, 2.05) is 91.0 Å². The molecule has 4 heteroatoms. The largest absolute Gasteiger partial charge is 0.430 e. The van der Waals surface area contributed by atoms with Crippen LogP contribution in [0.5, 0.6) is 0 Å². The molecule has 0 radical (unpaired) electrons. The molecule has 25 heavy (non-hydrogen) atoms. The smallest absolute Gasteiger partial charge is 0.350 e. The Morgan fingerprint density at radius 2 is 1.16 bits per heavy atom. The SMILES string of the molecule is O=C(Nc1ccccc1)ON(Cc1ccccc1)Cc1ccccc1. The fourth-order valence-electron chi connectivity index (χ4n) is 2.47. The van der Waals surface area contributed by atoms with Gasteiger partial charge in [0.25, 0.3) is 0 Å². The van der Waals surface area contributed by atoms with Gasteiger partial charge in [-0.15, -0.1) is 5.06 Å². The monoisotopic (exact) mass is 332 g/mol. The van der Waals surface area contributed by atoms with Crippen LogP contribution in [0.15, 0.2) is 91.0 Å². The number of carbonyl (C=O) groups is 1. The third kappa shape index (κ3) is 5.48. The number of anilines is 1. The fraction of sp³-hybridized carbons (Fsp3) is 0.0952.